The monoisotopic (exact) mass is 531 g/mol. The van der Waals surface area contributed by atoms with Crippen molar-refractivity contribution in [1.82, 2.24) is 9.80 Å². The molecule has 5 nitrogen and oxygen atoms in total. The van der Waals surface area contributed by atoms with Crippen LogP contribution in [0, 0.1) is 6.92 Å². The van der Waals surface area contributed by atoms with Crippen molar-refractivity contribution in [3.63, 3.8) is 0 Å². The van der Waals surface area contributed by atoms with E-state index in [1.54, 1.807) is 17.0 Å². The van der Waals surface area contributed by atoms with Gasteiger partial charge in [0.15, 0.2) is 0 Å². The van der Waals surface area contributed by atoms with Gasteiger partial charge in [-0.05, 0) is 53.9 Å². The van der Waals surface area contributed by atoms with Gasteiger partial charge in [0.1, 0.15) is 0 Å². The van der Waals surface area contributed by atoms with Gasteiger partial charge in [-0.2, -0.15) is 13.2 Å². The number of nitrogens with one attached hydrogen (secondary N) is 1. The van der Waals surface area contributed by atoms with Crippen molar-refractivity contribution in [3.8, 4) is 0 Å². The molecular formula is C28H29ClF3N3O2. The van der Waals surface area contributed by atoms with Crippen molar-refractivity contribution in [2.45, 2.75) is 25.8 Å². The Labute approximate surface area is 219 Å². The minimum Gasteiger partial charge on any atom is -0.368 e. The number of rotatable bonds is 7. The Morgan fingerprint density at radius 2 is 1.62 bits per heavy atom. The number of ether oxygens (including phenoxy) is 1. The molecule has 1 heterocycles. The van der Waals surface area contributed by atoms with Gasteiger partial charge in [0.25, 0.3) is 0 Å². The van der Waals surface area contributed by atoms with Crippen LogP contribution >= 0.6 is 11.6 Å². The topological polar surface area (TPSA) is 44.8 Å². The summed E-state index contributed by atoms with van der Waals surface area (Å²) in [6.45, 7) is 5.20. The van der Waals surface area contributed by atoms with E-state index in [0.29, 0.717) is 43.3 Å². The average Bonchev–Trinajstić information content (AvgIpc) is 2.88. The number of carbonyl (C=O) groups excluding carboxylic acids is 1. The van der Waals surface area contributed by atoms with Gasteiger partial charge in [-0.3, -0.25) is 4.90 Å². The number of piperazine rings is 1. The first-order chi connectivity index (χ1) is 17.7. The van der Waals surface area contributed by atoms with E-state index in [0.717, 1.165) is 28.9 Å². The Hall–Kier alpha value is -3.07. The van der Waals surface area contributed by atoms with E-state index in [2.05, 4.69) is 10.2 Å². The molecule has 0 bridgehead atoms. The van der Waals surface area contributed by atoms with E-state index >= 15 is 0 Å². The summed E-state index contributed by atoms with van der Waals surface area (Å²) in [6, 6.07) is 19.9. The molecule has 196 valence electrons. The van der Waals surface area contributed by atoms with E-state index in [-0.39, 0.29) is 18.7 Å². The van der Waals surface area contributed by atoms with Crippen LogP contribution in [0.2, 0.25) is 5.02 Å². The van der Waals surface area contributed by atoms with E-state index in [4.69, 9.17) is 16.3 Å². The number of para-hydroxylation sites is 1. The van der Waals surface area contributed by atoms with Crippen LogP contribution in [0.15, 0.2) is 72.8 Å². The lowest BCUT2D eigenvalue weighted by molar-refractivity contribution is -0.137. The average molecular weight is 532 g/mol. The van der Waals surface area contributed by atoms with Crippen LogP contribution in [0.4, 0.5) is 23.7 Å². The Morgan fingerprint density at radius 1 is 0.973 bits per heavy atom. The number of carbonyl (C=O) groups is 1. The molecule has 9 heteroatoms. The van der Waals surface area contributed by atoms with E-state index in [1.165, 1.54) is 12.1 Å². The number of alkyl halides is 3. The molecular weight excluding hydrogens is 503 g/mol. The number of amides is 2. The summed E-state index contributed by atoms with van der Waals surface area (Å²) < 4.78 is 44.8. The van der Waals surface area contributed by atoms with Crippen LogP contribution in [0.5, 0.6) is 0 Å². The van der Waals surface area contributed by atoms with Crippen LogP contribution in [-0.4, -0.2) is 48.6 Å². The van der Waals surface area contributed by atoms with Crippen LogP contribution in [-0.2, 0) is 17.5 Å². The van der Waals surface area contributed by atoms with Crippen LogP contribution in [0.3, 0.4) is 0 Å². The number of anilines is 1. The minimum atomic E-state index is -4.37. The number of hydrogen-bond donors (Lipinski definition) is 1. The second-order valence-electron chi connectivity index (χ2n) is 9.08. The number of urea groups is 1. The van der Waals surface area contributed by atoms with Crippen LogP contribution < -0.4 is 5.32 Å². The highest BCUT2D eigenvalue weighted by Crippen LogP contribution is 2.30. The van der Waals surface area contributed by atoms with Gasteiger partial charge >= 0.3 is 12.2 Å². The van der Waals surface area contributed by atoms with Gasteiger partial charge in [0.2, 0.25) is 0 Å². The molecule has 2 amide bonds. The third-order valence-electron chi connectivity index (χ3n) is 6.44. The zero-order valence-electron chi connectivity index (χ0n) is 20.5. The summed E-state index contributed by atoms with van der Waals surface area (Å²) in [5.74, 6) is 0. The molecule has 4 rings (SSSR count). The van der Waals surface area contributed by atoms with E-state index < -0.39 is 11.7 Å². The first-order valence-corrected chi connectivity index (χ1v) is 12.4. The third-order valence-corrected chi connectivity index (χ3v) is 6.70. The number of hydrogen-bond acceptors (Lipinski definition) is 3. The molecule has 3 aromatic rings. The van der Waals surface area contributed by atoms with Crippen molar-refractivity contribution in [2.24, 2.45) is 0 Å². The van der Waals surface area contributed by atoms with Crippen molar-refractivity contribution >= 4 is 23.3 Å². The van der Waals surface area contributed by atoms with Crippen molar-refractivity contribution < 1.29 is 22.7 Å². The fourth-order valence-corrected chi connectivity index (χ4v) is 4.32. The fraction of sp³-hybridized carbons (Fsp3) is 0.321. The van der Waals surface area contributed by atoms with Gasteiger partial charge < -0.3 is 15.0 Å². The van der Waals surface area contributed by atoms with Crippen molar-refractivity contribution in [1.29, 1.82) is 0 Å². The molecule has 0 radical (unpaired) electrons. The lowest BCUT2D eigenvalue weighted by atomic mass is 10.1. The lowest BCUT2D eigenvalue weighted by Crippen LogP contribution is -2.50. The first-order valence-electron chi connectivity index (χ1n) is 12.1. The molecule has 1 aliphatic rings. The Morgan fingerprint density at radius 3 is 2.24 bits per heavy atom. The smallest absolute Gasteiger partial charge is 0.368 e. The zero-order valence-corrected chi connectivity index (χ0v) is 21.2. The number of aryl methyl sites for hydroxylation is 1. The molecule has 0 saturated carbocycles. The molecule has 1 saturated heterocycles. The molecule has 0 aromatic heterocycles. The lowest BCUT2D eigenvalue weighted by Gasteiger charge is -2.36. The van der Waals surface area contributed by atoms with Crippen LogP contribution in [0.1, 0.15) is 28.4 Å². The number of halogens is 4. The second-order valence-corrected chi connectivity index (χ2v) is 9.52. The van der Waals surface area contributed by atoms with E-state index in [9.17, 15) is 18.0 Å². The van der Waals surface area contributed by atoms with Gasteiger partial charge in [-0.15, -0.1) is 0 Å². The maximum atomic E-state index is 12.9. The fourth-order valence-electron chi connectivity index (χ4n) is 4.19. The molecule has 37 heavy (non-hydrogen) atoms. The molecule has 1 aliphatic heterocycles. The summed E-state index contributed by atoms with van der Waals surface area (Å²) in [5, 5.41) is 3.59. The van der Waals surface area contributed by atoms with Gasteiger partial charge in [0.05, 0.1) is 18.3 Å². The standard InChI is InChI=1S/C28H29ClF3N3O2/c1-20-4-2-3-5-25(20)33-27(36)35-16-14-34(15-17-35)18-26(22-8-12-24(29)13-9-22)37-19-21-6-10-23(11-7-21)28(30,31)32/h2-13,26H,14-19H2,1H3,(H,33,36). The summed E-state index contributed by atoms with van der Waals surface area (Å²) in [7, 11) is 0. The first kappa shape index (κ1) is 27.0. The molecule has 0 spiro atoms. The summed E-state index contributed by atoms with van der Waals surface area (Å²) in [6.07, 6.45) is -4.68. The highest BCUT2D eigenvalue weighted by molar-refractivity contribution is 6.30. The highest BCUT2D eigenvalue weighted by Gasteiger charge is 2.30. The second kappa shape index (κ2) is 12.0. The molecule has 1 atom stereocenters. The summed E-state index contributed by atoms with van der Waals surface area (Å²) in [5.41, 5.74) is 2.70. The maximum Gasteiger partial charge on any atom is 0.416 e. The van der Waals surface area contributed by atoms with Crippen LogP contribution in [0.25, 0.3) is 0 Å². The largest absolute Gasteiger partial charge is 0.416 e. The normalized spacial score (nSPS) is 15.4. The predicted molar refractivity (Wildman–Crippen MR) is 139 cm³/mol. The third kappa shape index (κ3) is 7.47. The van der Waals surface area contributed by atoms with Crippen molar-refractivity contribution in [3.05, 3.63) is 100 Å². The summed E-state index contributed by atoms with van der Waals surface area (Å²) in [4.78, 5) is 16.8. The van der Waals surface area contributed by atoms with Gasteiger partial charge in [0, 0.05) is 43.4 Å². The Bertz CT molecular complexity index is 1180. The Kier molecular flexibility index (Phi) is 8.74. The molecule has 0 aliphatic carbocycles. The number of nitrogens with zero attached hydrogens (tertiary/aromatic N) is 2. The molecule has 1 N–H and O–H groups in total. The SMILES string of the molecule is Cc1ccccc1NC(=O)N1CCN(CC(OCc2ccc(C(F)(F)F)cc2)c2ccc(Cl)cc2)CC1. The van der Waals surface area contributed by atoms with E-state index in [1.807, 2.05) is 43.3 Å². The minimum absolute atomic E-state index is 0.123. The quantitative estimate of drug-likeness (QED) is 0.366. The Balaban J connectivity index is 1.36. The number of benzene rings is 3. The van der Waals surface area contributed by atoms with Gasteiger partial charge in [-0.25, -0.2) is 4.79 Å². The summed E-state index contributed by atoms with van der Waals surface area (Å²) >= 11 is 6.06. The molecule has 1 unspecified atom stereocenters. The van der Waals surface area contributed by atoms with Crippen molar-refractivity contribution in [2.75, 3.05) is 38.0 Å². The maximum absolute atomic E-state index is 12.9. The highest BCUT2D eigenvalue weighted by atomic mass is 35.5. The van der Waals surface area contributed by atoms with Gasteiger partial charge in [-0.1, -0.05) is 54.1 Å². The predicted octanol–water partition coefficient (Wildman–Crippen LogP) is 6.77. The molecule has 1 fully saturated rings. The zero-order chi connectivity index (χ0) is 26.4. The molecule has 3 aromatic carbocycles.